The van der Waals surface area contributed by atoms with Gasteiger partial charge in [0.05, 0.1) is 17.5 Å². The summed E-state index contributed by atoms with van der Waals surface area (Å²) in [7, 11) is 0. The van der Waals surface area contributed by atoms with Gasteiger partial charge in [-0.25, -0.2) is 6.54 Å². The molecule has 0 aliphatic carbocycles. The Morgan fingerprint density at radius 2 is 1.32 bits per heavy atom. The summed E-state index contributed by atoms with van der Waals surface area (Å²) in [6.45, 7) is 16.0. The van der Waals surface area contributed by atoms with Crippen LogP contribution in [-0.4, -0.2) is 87.8 Å². The maximum Gasteiger partial charge on any atom is 0.243 e. The van der Waals surface area contributed by atoms with Crippen LogP contribution in [-0.2, 0) is 67.9 Å². The average molecular weight is 829 g/mol. The monoisotopic (exact) mass is 828 g/mol. The molecule has 2 bridgehead atoms. The van der Waals surface area contributed by atoms with Crippen molar-refractivity contribution >= 4 is 58.1 Å². The Bertz CT molecular complexity index is 1620. The number of H-pyrrole nitrogens is 1. The van der Waals surface area contributed by atoms with Crippen LogP contribution in [0.4, 0.5) is 0 Å². The van der Waals surface area contributed by atoms with Crippen molar-refractivity contribution in [2.24, 2.45) is 23.7 Å². The largest absolute Gasteiger partial charge is 0.480 e. The van der Waals surface area contributed by atoms with Gasteiger partial charge in [0.15, 0.2) is 0 Å². The topological polar surface area (TPSA) is 202 Å². The van der Waals surface area contributed by atoms with Crippen molar-refractivity contribution in [1.82, 2.24) is 42.2 Å². The number of aromatic nitrogens is 1. The molecule has 2 fully saturated rings. The minimum Gasteiger partial charge on any atom is -0.480 e. The summed E-state index contributed by atoms with van der Waals surface area (Å²) in [5, 5.41) is 20.8. The van der Waals surface area contributed by atoms with Crippen LogP contribution in [0.15, 0.2) is 30.5 Å². The van der Waals surface area contributed by atoms with Gasteiger partial charge in [0.1, 0.15) is 30.1 Å². The number of fused-ring (bicyclic) bond motifs is 3. The Hall–Kier alpha value is -3.14. The molecule has 7 atom stereocenters. The van der Waals surface area contributed by atoms with Gasteiger partial charge in [0.2, 0.25) is 29.5 Å². The van der Waals surface area contributed by atoms with E-state index in [9.17, 15) is 28.8 Å². The molecule has 53 heavy (non-hydrogen) atoms. The van der Waals surface area contributed by atoms with Crippen LogP contribution in [0.1, 0.15) is 67.4 Å². The fourth-order valence-electron chi connectivity index (χ4n) is 6.42. The fraction of sp³-hybridized carbons (Fsp3) is 0.595. The first-order valence-electron chi connectivity index (χ1n) is 18.1. The van der Waals surface area contributed by atoms with Crippen LogP contribution in [0.2, 0.25) is 0 Å². The van der Waals surface area contributed by atoms with E-state index in [0.29, 0.717) is 5.75 Å². The summed E-state index contributed by atoms with van der Waals surface area (Å²) in [6, 6.07) is 2.44. The summed E-state index contributed by atoms with van der Waals surface area (Å²) in [5.41, 5.74) is 1.63. The van der Waals surface area contributed by atoms with Crippen molar-refractivity contribution in [3.05, 3.63) is 42.6 Å². The quantitative estimate of drug-likeness (QED) is 0.192. The van der Waals surface area contributed by atoms with Crippen LogP contribution < -0.4 is 37.2 Å². The number of thioether (sulfide) groups is 1. The Morgan fingerprint density at radius 1 is 0.717 bits per heavy atom. The summed E-state index contributed by atoms with van der Waals surface area (Å²) in [5.74, 6) is -3.52. The summed E-state index contributed by atoms with van der Waals surface area (Å²) in [6.07, 6.45) is 2.11. The van der Waals surface area contributed by atoms with Gasteiger partial charge in [-0.05, 0) is 41.7 Å². The van der Waals surface area contributed by atoms with E-state index >= 15 is 0 Å². The van der Waals surface area contributed by atoms with Gasteiger partial charge < -0.3 is 41.7 Å². The van der Waals surface area contributed by atoms with Gasteiger partial charge in [0.25, 0.3) is 0 Å². The van der Waals surface area contributed by atoms with E-state index in [-0.39, 0.29) is 80.5 Å². The normalized spacial score (nSPS) is 26.9. The zero-order chi connectivity index (χ0) is 38.3. The molecule has 16 heteroatoms. The van der Waals surface area contributed by atoms with Gasteiger partial charge in [-0.15, -0.1) is 11.8 Å². The van der Waals surface area contributed by atoms with Crippen LogP contribution >= 0.6 is 11.8 Å². The summed E-state index contributed by atoms with van der Waals surface area (Å²) >= 11 is 1.48. The smallest absolute Gasteiger partial charge is 0.243 e. The third-order valence-electron chi connectivity index (χ3n) is 9.39. The first kappa shape index (κ1) is 44.3. The van der Waals surface area contributed by atoms with E-state index in [4.69, 9.17) is 0 Å². The SMILES string of the molecule is CC(C)CC1NC(=O)C(Cc2c[nH]c3ccccc23)NC(=O)[CH-]NC(=O)C2CSC(N2)C(C(C)C)NC(=O)C(C(C)C)NC(=O)C(C(C)C)NC1=O.[Y]. The van der Waals surface area contributed by atoms with Crippen molar-refractivity contribution in [2.75, 3.05) is 5.75 Å². The van der Waals surface area contributed by atoms with Crippen LogP contribution in [0.5, 0.6) is 0 Å². The number of aromatic amines is 1. The van der Waals surface area contributed by atoms with Crippen molar-refractivity contribution in [3.8, 4) is 0 Å². The molecule has 2 aliphatic heterocycles. The standard InChI is InChI=1S/C37H55N8O6S.Y/c1-18(2)13-25-34(49)43-29(19(3)4)35(50)44-30(20(5)6)36(51)45-31(21(7)8)37-42-27(17-52-37)32(47)39-16-28(46)40-26(33(48)41-25)14-22-15-38-24-12-10-9-11-23(22)24;/h9-12,15-16,18-21,25-27,29-31,37-38,42H,13-14,17H2,1-8H3,(H,39,47)(H,40,46)(H,41,48)(H,43,49)(H,44,50)(H,45,51);/q-1;. The molecule has 4 rings (SSSR count). The number of benzene rings is 1. The number of amides is 6. The average Bonchev–Trinajstić information content (AvgIpc) is 3.73. The minimum absolute atomic E-state index is 0. The van der Waals surface area contributed by atoms with Crippen LogP contribution in [0.3, 0.4) is 0 Å². The Labute approximate surface area is 341 Å². The molecule has 2 aliphatic rings. The van der Waals surface area contributed by atoms with E-state index in [1.54, 1.807) is 20.0 Å². The number of para-hydroxylation sites is 1. The second kappa shape index (κ2) is 20.0. The molecule has 0 spiro atoms. The molecule has 2 aromatic rings. The van der Waals surface area contributed by atoms with Crippen molar-refractivity contribution in [1.29, 1.82) is 0 Å². The molecular weight excluding hydrogens is 773 g/mol. The van der Waals surface area contributed by atoms with E-state index in [1.807, 2.05) is 65.8 Å². The maximum absolute atomic E-state index is 14.0. The number of carbonyl (C=O) groups is 6. The molecule has 8 N–H and O–H groups in total. The first-order valence-corrected chi connectivity index (χ1v) is 19.2. The van der Waals surface area contributed by atoms with Gasteiger partial charge >= 0.3 is 0 Å². The molecule has 1 aromatic carbocycles. The fourth-order valence-corrected chi connectivity index (χ4v) is 7.92. The molecule has 3 heterocycles. The second-order valence-corrected chi connectivity index (χ2v) is 16.4. The van der Waals surface area contributed by atoms with Crippen molar-refractivity contribution < 1.29 is 61.5 Å². The maximum atomic E-state index is 14.0. The predicted molar refractivity (Wildman–Crippen MR) is 201 cm³/mol. The number of nitrogens with one attached hydrogen (secondary N) is 8. The second-order valence-electron chi connectivity index (χ2n) is 15.2. The first-order chi connectivity index (χ1) is 24.5. The van der Waals surface area contributed by atoms with E-state index in [1.165, 1.54) is 11.8 Å². The van der Waals surface area contributed by atoms with Gasteiger partial charge in [-0.3, -0.25) is 29.3 Å². The molecule has 2 saturated heterocycles. The van der Waals surface area contributed by atoms with E-state index < -0.39 is 65.8 Å². The van der Waals surface area contributed by atoms with E-state index in [0.717, 1.165) is 23.0 Å². The van der Waals surface area contributed by atoms with Crippen molar-refractivity contribution in [2.45, 2.75) is 110 Å². The molecular formula is C37H55N8O6SY-. The molecule has 6 amide bonds. The number of rotatable bonds is 7. The van der Waals surface area contributed by atoms with Crippen LogP contribution in [0, 0.1) is 30.2 Å². The molecule has 1 aromatic heterocycles. The third kappa shape index (κ3) is 11.9. The molecule has 14 nitrogen and oxygen atoms in total. The van der Waals surface area contributed by atoms with Gasteiger partial charge in [0, 0.05) is 62.0 Å². The zero-order valence-electron chi connectivity index (χ0n) is 31.9. The Kier molecular flexibility index (Phi) is 16.7. The zero-order valence-corrected chi connectivity index (χ0v) is 35.5. The van der Waals surface area contributed by atoms with Gasteiger partial charge in [-0.1, -0.05) is 73.6 Å². The molecule has 0 saturated carbocycles. The minimum atomic E-state index is -1.12. The number of hydrogen-bond donors (Lipinski definition) is 8. The number of carbonyl (C=O) groups excluding carboxylic acids is 6. The Balaban J connectivity index is 0.00000756. The summed E-state index contributed by atoms with van der Waals surface area (Å²) < 4.78 is 0. The Morgan fingerprint density at radius 3 is 1.94 bits per heavy atom. The molecule has 289 valence electrons. The van der Waals surface area contributed by atoms with Crippen LogP contribution in [0.25, 0.3) is 10.9 Å². The molecule has 1 radical (unpaired) electrons. The molecule has 7 unspecified atom stereocenters. The predicted octanol–water partition coefficient (Wildman–Crippen LogP) is 1.47. The van der Waals surface area contributed by atoms with Gasteiger partial charge in [-0.2, -0.15) is 0 Å². The van der Waals surface area contributed by atoms with E-state index in [2.05, 4.69) is 42.2 Å². The third-order valence-corrected chi connectivity index (χ3v) is 10.7. The number of hydrogen-bond acceptors (Lipinski definition) is 8. The summed E-state index contributed by atoms with van der Waals surface area (Å²) in [4.78, 5) is 85.1. The van der Waals surface area contributed by atoms with Crippen molar-refractivity contribution in [3.63, 3.8) is 0 Å².